The van der Waals surface area contributed by atoms with Crippen molar-refractivity contribution < 1.29 is 8.96 Å². The second kappa shape index (κ2) is 8.62. The lowest BCUT2D eigenvalue weighted by atomic mass is 10.2. The Balaban J connectivity index is 1.64. The van der Waals surface area contributed by atoms with Crippen LogP contribution in [-0.2, 0) is 13.1 Å². The van der Waals surface area contributed by atoms with Gasteiger partial charge in [0.1, 0.15) is 20.0 Å². The maximum absolute atomic E-state index is 14.1. The van der Waals surface area contributed by atoms with Crippen LogP contribution in [0.4, 0.5) is 10.1 Å². The summed E-state index contributed by atoms with van der Waals surface area (Å²) in [7, 11) is 1.94. The van der Waals surface area contributed by atoms with Crippen molar-refractivity contribution in [3.63, 3.8) is 0 Å². The van der Waals surface area contributed by atoms with Crippen molar-refractivity contribution in [2.24, 2.45) is 0 Å². The number of aromatic nitrogens is 2. The number of hydrogen-bond acceptors (Lipinski definition) is 6. The van der Waals surface area contributed by atoms with Gasteiger partial charge in [0.2, 0.25) is 0 Å². The molecule has 0 N–H and O–H groups in total. The molecule has 3 aromatic heterocycles. The lowest BCUT2D eigenvalue weighted by Gasteiger charge is -2.12. The molecule has 0 fully saturated rings. The zero-order chi connectivity index (χ0) is 22.4. The SMILES string of the molecule is CCn1c(=Cc2scc[n+]2Cc2ccsc2)sc(=C2Sc3c(ccc(F)c3C)N2C)c1=O. The van der Waals surface area contributed by atoms with Gasteiger partial charge in [-0.05, 0) is 37.4 Å². The van der Waals surface area contributed by atoms with Crippen LogP contribution in [0.3, 0.4) is 0 Å². The first-order chi connectivity index (χ1) is 15.5. The Hall–Kier alpha value is -2.20. The van der Waals surface area contributed by atoms with E-state index in [2.05, 4.69) is 39.0 Å². The number of fused-ring (bicyclic) bond motifs is 1. The summed E-state index contributed by atoms with van der Waals surface area (Å²) in [5, 5.41) is 8.29. The Labute approximate surface area is 201 Å². The number of thiophene rings is 1. The van der Waals surface area contributed by atoms with Gasteiger partial charge in [0, 0.05) is 35.0 Å². The monoisotopic (exact) mass is 502 g/mol. The molecule has 0 saturated carbocycles. The fraction of sp³-hybridized carbons (Fsp3) is 0.217. The summed E-state index contributed by atoms with van der Waals surface area (Å²) in [6, 6.07) is 5.42. The molecular weight excluding hydrogens is 482 g/mol. The summed E-state index contributed by atoms with van der Waals surface area (Å²) < 4.78 is 19.8. The van der Waals surface area contributed by atoms with Gasteiger partial charge in [0.15, 0.2) is 12.7 Å². The number of thiazole rings is 2. The molecule has 4 nitrogen and oxygen atoms in total. The predicted molar refractivity (Wildman–Crippen MR) is 134 cm³/mol. The van der Waals surface area contributed by atoms with Gasteiger partial charge in [0.05, 0.1) is 17.1 Å². The van der Waals surface area contributed by atoms with E-state index in [1.54, 1.807) is 35.7 Å². The van der Waals surface area contributed by atoms with Crippen LogP contribution in [0.15, 0.2) is 50.2 Å². The highest BCUT2D eigenvalue weighted by Gasteiger charge is 2.27. The minimum absolute atomic E-state index is 0.00460. The third kappa shape index (κ3) is 3.67. The molecule has 5 rings (SSSR count). The van der Waals surface area contributed by atoms with Crippen molar-refractivity contribution in [2.75, 3.05) is 11.9 Å². The van der Waals surface area contributed by atoms with E-state index >= 15 is 0 Å². The molecule has 0 unspecified atom stereocenters. The maximum atomic E-state index is 14.1. The van der Waals surface area contributed by atoms with E-state index in [9.17, 15) is 9.18 Å². The molecule has 0 atom stereocenters. The number of thioether (sulfide) groups is 1. The molecule has 0 bridgehead atoms. The Morgan fingerprint density at radius 1 is 1.22 bits per heavy atom. The lowest BCUT2D eigenvalue weighted by Crippen LogP contribution is -2.36. The standard InChI is InChI=1S/C23H21FN3OS4/c1-4-27-19(11-18-26(8-10-30-18)12-15-7-9-29-13-15)31-21(22(27)28)23-25(3)17-6-5-16(24)14(2)20(17)32-23/h5-11,13H,4,12H2,1-3H3/q+1. The van der Waals surface area contributed by atoms with Crippen molar-refractivity contribution in [1.29, 1.82) is 0 Å². The second-order valence-corrected chi connectivity index (χ2v) is 11.2. The molecule has 0 radical (unpaired) electrons. The van der Waals surface area contributed by atoms with E-state index in [1.807, 2.05) is 23.4 Å². The maximum Gasteiger partial charge on any atom is 0.271 e. The number of hydrogen-bond donors (Lipinski definition) is 0. The number of halogens is 1. The molecule has 1 aromatic carbocycles. The van der Waals surface area contributed by atoms with E-state index < -0.39 is 0 Å². The molecule has 0 aliphatic carbocycles. The summed E-state index contributed by atoms with van der Waals surface area (Å²) >= 11 is 6.35. The van der Waals surface area contributed by atoms with Gasteiger partial charge in [-0.2, -0.15) is 15.9 Å². The molecule has 164 valence electrons. The molecule has 4 aromatic rings. The number of benzene rings is 1. The van der Waals surface area contributed by atoms with Crippen LogP contribution >= 0.6 is 45.8 Å². The minimum atomic E-state index is -0.218. The third-order valence-electron chi connectivity index (χ3n) is 5.50. The van der Waals surface area contributed by atoms with Gasteiger partial charge in [-0.25, -0.2) is 4.39 Å². The summed E-state index contributed by atoms with van der Waals surface area (Å²) in [6.07, 6.45) is 4.19. The van der Waals surface area contributed by atoms with Crippen molar-refractivity contribution in [1.82, 2.24) is 4.57 Å². The van der Waals surface area contributed by atoms with Crippen molar-refractivity contribution >= 4 is 62.6 Å². The molecular formula is C23H21FN3OS4+. The van der Waals surface area contributed by atoms with Gasteiger partial charge in [0.25, 0.3) is 10.6 Å². The lowest BCUT2D eigenvalue weighted by molar-refractivity contribution is -0.685. The summed E-state index contributed by atoms with van der Waals surface area (Å²) in [6.45, 7) is 5.19. The Morgan fingerprint density at radius 3 is 2.81 bits per heavy atom. The fourth-order valence-corrected chi connectivity index (χ4v) is 7.80. The Kier molecular flexibility index (Phi) is 5.83. The van der Waals surface area contributed by atoms with E-state index in [1.165, 1.54) is 34.7 Å². The van der Waals surface area contributed by atoms with E-state index in [0.29, 0.717) is 16.6 Å². The van der Waals surface area contributed by atoms with Gasteiger partial charge < -0.3 is 4.90 Å². The van der Waals surface area contributed by atoms with Crippen molar-refractivity contribution in [3.8, 4) is 0 Å². The van der Waals surface area contributed by atoms with Crippen LogP contribution in [-0.4, -0.2) is 11.6 Å². The van der Waals surface area contributed by atoms with Gasteiger partial charge in [-0.3, -0.25) is 9.36 Å². The quantitative estimate of drug-likeness (QED) is 0.396. The topological polar surface area (TPSA) is 29.1 Å². The number of nitrogens with zero attached hydrogens (tertiary/aromatic N) is 3. The number of rotatable bonds is 4. The van der Waals surface area contributed by atoms with E-state index in [0.717, 1.165) is 31.8 Å². The first-order valence-electron chi connectivity index (χ1n) is 10.1. The number of anilines is 1. The smallest absolute Gasteiger partial charge is 0.271 e. The average molecular weight is 503 g/mol. The summed E-state index contributed by atoms with van der Waals surface area (Å²) in [5.74, 6) is -0.218. The van der Waals surface area contributed by atoms with Crippen LogP contribution in [0.5, 0.6) is 0 Å². The highest BCUT2D eigenvalue weighted by atomic mass is 32.2. The molecule has 32 heavy (non-hydrogen) atoms. The largest absolute Gasteiger partial charge is 0.337 e. The molecule has 0 amide bonds. The van der Waals surface area contributed by atoms with Crippen LogP contribution in [0.25, 0.3) is 11.1 Å². The molecule has 1 aliphatic heterocycles. The van der Waals surface area contributed by atoms with Crippen molar-refractivity contribution in [3.05, 3.63) is 82.0 Å². The van der Waals surface area contributed by atoms with Crippen LogP contribution in [0.2, 0.25) is 0 Å². The highest BCUT2D eigenvalue weighted by molar-refractivity contribution is 8.08. The normalized spacial score (nSPS) is 15.6. The molecule has 1 aliphatic rings. The molecule has 9 heteroatoms. The zero-order valence-corrected chi connectivity index (χ0v) is 21.1. The van der Waals surface area contributed by atoms with Crippen LogP contribution < -0.4 is 24.2 Å². The fourth-order valence-electron chi connectivity index (χ4n) is 3.73. The van der Waals surface area contributed by atoms with Crippen molar-refractivity contribution in [2.45, 2.75) is 31.8 Å². The van der Waals surface area contributed by atoms with Gasteiger partial charge in [-0.15, -0.1) is 11.3 Å². The predicted octanol–water partition coefficient (Wildman–Crippen LogP) is 3.97. The first-order valence-corrected chi connectivity index (χ1v) is 13.6. The average Bonchev–Trinajstić information content (AvgIpc) is 3.55. The molecule has 0 saturated heterocycles. The summed E-state index contributed by atoms with van der Waals surface area (Å²) in [5.41, 5.74) is 2.84. The van der Waals surface area contributed by atoms with Crippen LogP contribution in [0.1, 0.15) is 23.1 Å². The van der Waals surface area contributed by atoms with Gasteiger partial charge in [-0.1, -0.05) is 23.1 Å². The Bertz CT molecular complexity index is 1480. The second-order valence-electron chi connectivity index (χ2n) is 7.45. The first kappa shape index (κ1) is 21.6. The molecule has 4 heterocycles. The molecule has 0 spiro atoms. The van der Waals surface area contributed by atoms with Gasteiger partial charge >= 0.3 is 0 Å². The summed E-state index contributed by atoms with van der Waals surface area (Å²) in [4.78, 5) is 16.2. The zero-order valence-electron chi connectivity index (χ0n) is 17.8. The van der Waals surface area contributed by atoms with E-state index in [4.69, 9.17) is 0 Å². The van der Waals surface area contributed by atoms with E-state index in [-0.39, 0.29) is 11.4 Å². The third-order valence-corrected chi connectivity index (χ3v) is 9.72. The highest BCUT2D eigenvalue weighted by Crippen LogP contribution is 2.47. The van der Waals surface area contributed by atoms with Crippen LogP contribution in [0, 0.1) is 12.7 Å². The minimum Gasteiger partial charge on any atom is -0.337 e. The Morgan fingerprint density at radius 2 is 2.06 bits per heavy atom.